The topological polar surface area (TPSA) is 43.4 Å². The van der Waals surface area contributed by atoms with Crippen LogP contribution in [0.2, 0.25) is 0 Å². The number of hydrogen-bond acceptors (Lipinski definition) is 3. The van der Waals surface area contributed by atoms with Crippen LogP contribution in [-0.4, -0.2) is 11.9 Å². The van der Waals surface area contributed by atoms with Crippen molar-refractivity contribution in [2.75, 3.05) is 0 Å². The van der Waals surface area contributed by atoms with Crippen molar-refractivity contribution in [3.8, 4) is 0 Å². The van der Waals surface area contributed by atoms with Gasteiger partial charge in [0, 0.05) is 0 Å². The highest BCUT2D eigenvalue weighted by Crippen LogP contribution is 2.54. The van der Waals surface area contributed by atoms with Crippen LogP contribution >= 0.6 is 0 Å². The van der Waals surface area contributed by atoms with Gasteiger partial charge in [-0.3, -0.25) is 9.59 Å². The Bertz CT molecular complexity index is 245. The van der Waals surface area contributed by atoms with Crippen molar-refractivity contribution >= 4 is 11.9 Å². The number of esters is 2. The first-order valence-electron chi connectivity index (χ1n) is 4.36. The summed E-state index contributed by atoms with van der Waals surface area (Å²) < 4.78 is 4.61. The fraction of sp³-hybridized carbons (Fsp3) is 0.667. The van der Waals surface area contributed by atoms with Gasteiger partial charge in [-0.1, -0.05) is 0 Å². The summed E-state index contributed by atoms with van der Waals surface area (Å²) in [6.45, 7) is 0. The van der Waals surface area contributed by atoms with Crippen LogP contribution in [0.1, 0.15) is 12.8 Å². The van der Waals surface area contributed by atoms with Crippen LogP contribution in [0.25, 0.3) is 0 Å². The zero-order chi connectivity index (χ0) is 8.29. The molecule has 3 aliphatic rings. The molecule has 0 amide bonds. The van der Waals surface area contributed by atoms with Crippen LogP contribution in [-0.2, 0) is 14.3 Å². The average Bonchev–Trinajstić information content (AvgIpc) is 2.64. The zero-order valence-corrected chi connectivity index (χ0v) is 6.53. The van der Waals surface area contributed by atoms with Crippen molar-refractivity contribution in [1.29, 1.82) is 0 Å². The second-order valence-electron chi connectivity index (χ2n) is 3.92. The van der Waals surface area contributed by atoms with Gasteiger partial charge in [0.2, 0.25) is 0 Å². The fourth-order valence-electron chi connectivity index (χ4n) is 2.93. The lowest BCUT2D eigenvalue weighted by Crippen LogP contribution is -2.24. The van der Waals surface area contributed by atoms with Crippen LogP contribution < -0.4 is 0 Å². The van der Waals surface area contributed by atoms with Gasteiger partial charge in [-0.25, -0.2) is 0 Å². The first kappa shape index (κ1) is 6.63. The molecule has 4 atom stereocenters. The molecule has 3 nitrogen and oxygen atoms in total. The minimum Gasteiger partial charge on any atom is -0.393 e. The fourth-order valence-corrected chi connectivity index (χ4v) is 2.93. The van der Waals surface area contributed by atoms with Crippen molar-refractivity contribution in [3.05, 3.63) is 6.42 Å². The second kappa shape index (κ2) is 1.90. The van der Waals surface area contributed by atoms with E-state index in [0.29, 0.717) is 11.8 Å². The predicted octanol–water partition coefficient (Wildman–Crippen LogP) is 0.546. The Balaban J connectivity index is 2.03. The molecule has 1 saturated heterocycles. The van der Waals surface area contributed by atoms with E-state index >= 15 is 0 Å². The highest BCUT2D eigenvalue weighted by molar-refractivity contribution is 5.97. The standard InChI is InChI=1S/C9H9O3/c10-8-6-4-1-2-5(3-4)7(6)9(11)12-8/h1,4-7H,2-3H2. The van der Waals surface area contributed by atoms with E-state index in [1.54, 1.807) is 0 Å². The normalized spacial score (nSPS) is 49.7. The summed E-state index contributed by atoms with van der Waals surface area (Å²) in [4.78, 5) is 22.4. The highest BCUT2D eigenvalue weighted by atomic mass is 16.6. The molecule has 0 spiro atoms. The number of rotatable bonds is 0. The molecule has 2 bridgehead atoms. The predicted molar refractivity (Wildman–Crippen MR) is 38.6 cm³/mol. The monoisotopic (exact) mass is 165 g/mol. The molecule has 0 N–H and O–H groups in total. The molecule has 1 radical (unpaired) electrons. The lowest BCUT2D eigenvalue weighted by atomic mass is 9.81. The molecule has 3 fully saturated rings. The summed E-state index contributed by atoms with van der Waals surface area (Å²) in [5.41, 5.74) is 0. The van der Waals surface area contributed by atoms with Crippen LogP contribution in [0.4, 0.5) is 0 Å². The van der Waals surface area contributed by atoms with E-state index in [9.17, 15) is 9.59 Å². The van der Waals surface area contributed by atoms with Gasteiger partial charge in [-0.15, -0.1) is 0 Å². The molecule has 1 heterocycles. The minimum atomic E-state index is -0.284. The maximum absolute atomic E-state index is 11.2. The number of ether oxygens (including phenoxy) is 1. The van der Waals surface area contributed by atoms with E-state index < -0.39 is 0 Å². The van der Waals surface area contributed by atoms with Crippen LogP contribution in [0.15, 0.2) is 0 Å². The van der Waals surface area contributed by atoms with Gasteiger partial charge in [-0.2, -0.15) is 0 Å². The van der Waals surface area contributed by atoms with Crippen LogP contribution in [0.3, 0.4) is 0 Å². The molecule has 3 rings (SSSR count). The summed E-state index contributed by atoms with van der Waals surface area (Å²) in [5, 5.41) is 0. The second-order valence-corrected chi connectivity index (χ2v) is 3.92. The molecule has 12 heavy (non-hydrogen) atoms. The average molecular weight is 165 g/mol. The van der Waals surface area contributed by atoms with E-state index in [4.69, 9.17) is 0 Å². The summed E-state index contributed by atoms with van der Waals surface area (Å²) >= 11 is 0. The first-order chi connectivity index (χ1) is 5.77. The quantitative estimate of drug-likeness (QED) is 0.389. The Labute approximate surface area is 70.1 Å². The summed E-state index contributed by atoms with van der Waals surface area (Å²) in [5.74, 6) is -0.0271. The lowest BCUT2D eigenvalue weighted by molar-refractivity contribution is -0.154. The van der Waals surface area contributed by atoms with Gasteiger partial charge < -0.3 is 4.74 Å². The van der Waals surface area contributed by atoms with Gasteiger partial charge in [0.15, 0.2) is 0 Å². The Morgan fingerprint density at radius 3 is 2.75 bits per heavy atom. The molecule has 0 aromatic carbocycles. The van der Waals surface area contributed by atoms with E-state index in [0.717, 1.165) is 12.8 Å². The minimum absolute atomic E-state index is 0.0903. The molecule has 3 heteroatoms. The molecule has 0 aromatic heterocycles. The van der Waals surface area contributed by atoms with Crippen molar-refractivity contribution in [1.82, 2.24) is 0 Å². The van der Waals surface area contributed by atoms with E-state index in [1.165, 1.54) is 0 Å². The Morgan fingerprint density at radius 2 is 2.00 bits per heavy atom. The smallest absolute Gasteiger partial charge is 0.317 e. The highest BCUT2D eigenvalue weighted by Gasteiger charge is 2.59. The van der Waals surface area contributed by atoms with E-state index in [-0.39, 0.29) is 23.8 Å². The van der Waals surface area contributed by atoms with Crippen LogP contribution in [0, 0.1) is 30.1 Å². The Morgan fingerprint density at radius 1 is 1.25 bits per heavy atom. The molecular formula is C9H9O3. The Hall–Kier alpha value is -0.860. The van der Waals surface area contributed by atoms with Crippen molar-refractivity contribution in [3.63, 3.8) is 0 Å². The van der Waals surface area contributed by atoms with Gasteiger partial charge in [-0.05, 0) is 31.1 Å². The van der Waals surface area contributed by atoms with Gasteiger partial charge in [0.25, 0.3) is 0 Å². The summed E-state index contributed by atoms with van der Waals surface area (Å²) in [7, 11) is 0. The van der Waals surface area contributed by atoms with E-state index in [2.05, 4.69) is 11.2 Å². The molecule has 4 unspecified atom stereocenters. The molecule has 1 aliphatic heterocycles. The largest absolute Gasteiger partial charge is 0.393 e. The number of carbonyl (C=O) groups is 2. The van der Waals surface area contributed by atoms with E-state index in [1.807, 2.05) is 0 Å². The molecule has 2 aliphatic carbocycles. The zero-order valence-electron chi connectivity index (χ0n) is 6.53. The third-order valence-corrected chi connectivity index (χ3v) is 3.42. The van der Waals surface area contributed by atoms with Crippen LogP contribution in [0.5, 0.6) is 0 Å². The number of cyclic esters (lactones) is 2. The third-order valence-electron chi connectivity index (χ3n) is 3.42. The summed E-state index contributed by atoms with van der Waals surface area (Å²) in [6, 6.07) is 0. The van der Waals surface area contributed by atoms with Gasteiger partial charge >= 0.3 is 11.9 Å². The van der Waals surface area contributed by atoms with Gasteiger partial charge in [0.05, 0.1) is 11.8 Å². The maximum Gasteiger partial charge on any atom is 0.317 e. The molecule has 63 valence electrons. The molecule has 2 saturated carbocycles. The number of carbonyl (C=O) groups excluding carboxylic acids is 2. The Kier molecular flexibility index (Phi) is 1.05. The summed E-state index contributed by atoms with van der Waals surface area (Å²) in [6.07, 6.45) is 4.19. The maximum atomic E-state index is 11.2. The SMILES string of the molecule is O=C1OC(=O)C2C3C[CH]C(C3)C12. The molecular weight excluding hydrogens is 156 g/mol. The van der Waals surface area contributed by atoms with Crippen molar-refractivity contribution < 1.29 is 14.3 Å². The third kappa shape index (κ3) is 0.586. The van der Waals surface area contributed by atoms with Gasteiger partial charge in [0.1, 0.15) is 0 Å². The van der Waals surface area contributed by atoms with Crippen molar-refractivity contribution in [2.24, 2.45) is 23.7 Å². The first-order valence-corrected chi connectivity index (χ1v) is 4.36. The number of hydrogen-bond donors (Lipinski definition) is 0. The number of fused-ring (bicyclic) bond motifs is 5. The lowest BCUT2D eigenvalue weighted by Gasteiger charge is -2.17. The molecule has 0 aromatic rings. The van der Waals surface area contributed by atoms with Crippen molar-refractivity contribution in [2.45, 2.75) is 12.8 Å².